The maximum Gasteiger partial charge on any atom is 0.224 e. The summed E-state index contributed by atoms with van der Waals surface area (Å²) in [4.78, 5) is 12.2. The second kappa shape index (κ2) is 7.64. The van der Waals surface area contributed by atoms with Crippen molar-refractivity contribution >= 4 is 22.4 Å². The standard InChI is InChI=1S/C21H21NO2/c1-24-18-14-12-16(13-15-18)6-4-11-21(23)22-20-10-5-8-17-7-2-3-9-19(17)20/h2-3,5,7-10,12-15H,4,6,11H2,1H3,(H,22,23). The molecule has 1 N–H and O–H groups in total. The Kier molecular flexibility index (Phi) is 5.12. The number of carbonyl (C=O) groups is 1. The molecule has 0 saturated heterocycles. The number of rotatable bonds is 6. The Hall–Kier alpha value is -2.81. The first kappa shape index (κ1) is 16.1. The van der Waals surface area contributed by atoms with Crippen LogP contribution in [0.25, 0.3) is 10.8 Å². The fourth-order valence-electron chi connectivity index (χ4n) is 2.79. The second-order valence-electron chi connectivity index (χ2n) is 5.78. The van der Waals surface area contributed by atoms with Crippen LogP contribution in [0.1, 0.15) is 18.4 Å². The van der Waals surface area contributed by atoms with Crippen molar-refractivity contribution in [3.8, 4) is 5.75 Å². The molecule has 0 unspecified atom stereocenters. The van der Waals surface area contributed by atoms with Crippen LogP contribution in [0.3, 0.4) is 0 Å². The van der Waals surface area contributed by atoms with Gasteiger partial charge in [-0.15, -0.1) is 0 Å². The van der Waals surface area contributed by atoms with Crippen LogP contribution in [0.5, 0.6) is 5.75 Å². The number of fused-ring (bicyclic) bond motifs is 1. The molecular weight excluding hydrogens is 298 g/mol. The Morgan fingerprint density at radius 2 is 1.71 bits per heavy atom. The van der Waals surface area contributed by atoms with E-state index in [-0.39, 0.29) is 5.91 Å². The molecule has 3 heteroatoms. The smallest absolute Gasteiger partial charge is 0.224 e. The largest absolute Gasteiger partial charge is 0.497 e. The Morgan fingerprint density at radius 3 is 2.50 bits per heavy atom. The lowest BCUT2D eigenvalue weighted by molar-refractivity contribution is -0.116. The number of carbonyl (C=O) groups excluding carboxylic acids is 1. The normalized spacial score (nSPS) is 10.5. The summed E-state index contributed by atoms with van der Waals surface area (Å²) < 4.78 is 5.15. The first-order valence-electron chi connectivity index (χ1n) is 8.17. The zero-order valence-electron chi connectivity index (χ0n) is 13.8. The monoisotopic (exact) mass is 319 g/mol. The van der Waals surface area contributed by atoms with Crippen LogP contribution in [0.2, 0.25) is 0 Å². The van der Waals surface area contributed by atoms with Crippen LogP contribution in [0.4, 0.5) is 5.69 Å². The van der Waals surface area contributed by atoms with Gasteiger partial charge in [0.1, 0.15) is 5.75 Å². The van der Waals surface area contributed by atoms with E-state index in [0.29, 0.717) is 6.42 Å². The molecule has 0 fully saturated rings. The number of aryl methyl sites for hydroxylation is 1. The van der Waals surface area contributed by atoms with E-state index in [0.717, 1.165) is 35.1 Å². The highest BCUT2D eigenvalue weighted by Crippen LogP contribution is 2.23. The molecule has 3 rings (SSSR count). The molecule has 0 spiro atoms. The molecule has 3 aromatic carbocycles. The van der Waals surface area contributed by atoms with Crippen LogP contribution in [-0.4, -0.2) is 13.0 Å². The molecule has 24 heavy (non-hydrogen) atoms. The molecule has 1 amide bonds. The summed E-state index contributed by atoms with van der Waals surface area (Å²) in [5.74, 6) is 0.910. The van der Waals surface area contributed by atoms with E-state index in [1.54, 1.807) is 7.11 Å². The van der Waals surface area contributed by atoms with E-state index in [1.807, 2.05) is 54.6 Å². The zero-order chi connectivity index (χ0) is 16.8. The van der Waals surface area contributed by atoms with Gasteiger partial charge in [0.2, 0.25) is 5.91 Å². The average molecular weight is 319 g/mol. The molecule has 122 valence electrons. The Morgan fingerprint density at radius 1 is 0.958 bits per heavy atom. The molecule has 3 nitrogen and oxygen atoms in total. The first-order chi connectivity index (χ1) is 11.8. The molecule has 0 heterocycles. The third-order valence-corrected chi connectivity index (χ3v) is 4.09. The fourth-order valence-corrected chi connectivity index (χ4v) is 2.79. The van der Waals surface area contributed by atoms with E-state index in [2.05, 4.69) is 17.4 Å². The minimum Gasteiger partial charge on any atom is -0.497 e. The summed E-state index contributed by atoms with van der Waals surface area (Å²) in [7, 11) is 1.66. The quantitative estimate of drug-likeness (QED) is 0.708. The molecular formula is C21H21NO2. The zero-order valence-corrected chi connectivity index (χ0v) is 13.8. The van der Waals surface area contributed by atoms with Gasteiger partial charge in [-0.25, -0.2) is 0 Å². The lowest BCUT2D eigenvalue weighted by Crippen LogP contribution is -2.11. The van der Waals surface area contributed by atoms with Crippen molar-refractivity contribution in [2.24, 2.45) is 0 Å². The van der Waals surface area contributed by atoms with Gasteiger partial charge in [0.25, 0.3) is 0 Å². The maximum atomic E-state index is 12.2. The van der Waals surface area contributed by atoms with Gasteiger partial charge in [0.05, 0.1) is 7.11 Å². The summed E-state index contributed by atoms with van der Waals surface area (Å²) >= 11 is 0. The third kappa shape index (κ3) is 3.93. The minimum atomic E-state index is 0.0554. The molecule has 0 atom stereocenters. The maximum absolute atomic E-state index is 12.2. The number of nitrogens with one attached hydrogen (secondary N) is 1. The van der Waals surface area contributed by atoms with Crippen molar-refractivity contribution < 1.29 is 9.53 Å². The lowest BCUT2D eigenvalue weighted by atomic mass is 10.1. The SMILES string of the molecule is COc1ccc(CCCC(=O)Nc2cccc3ccccc23)cc1. The van der Waals surface area contributed by atoms with Gasteiger partial charge in [-0.3, -0.25) is 4.79 Å². The van der Waals surface area contributed by atoms with Crippen molar-refractivity contribution in [1.29, 1.82) is 0 Å². The number of ether oxygens (including phenoxy) is 1. The topological polar surface area (TPSA) is 38.3 Å². The van der Waals surface area contributed by atoms with Crippen LogP contribution in [0, 0.1) is 0 Å². The molecule has 0 radical (unpaired) electrons. The van der Waals surface area contributed by atoms with Crippen LogP contribution in [0.15, 0.2) is 66.7 Å². The van der Waals surface area contributed by atoms with Crippen molar-refractivity contribution in [1.82, 2.24) is 0 Å². The highest BCUT2D eigenvalue weighted by Gasteiger charge is 2.06. The lowest BCUT2D eigenvalue weighted by Gasteiger charge is -2.09. The molecule has 3 aromatic rings. The van der Waals surface area contributed by atoms with Gasteiger partial charge in [-0.1, -0.05) is 48.5 Å². The first-order valence-corrected chi connectivity index (χ1v) is 8.17. The van der Waals surface area contributed by atoms with E-state index in [1.165, 1.54) is 5.56 Å². The van der Waals surface area contributed by atoms with Crippen molar-refractivity contribution in [3.05, 3.63) is 72.3 Å². The van der Waals surface area contributed by atoms with Crippen LogP contribution >= 0.6 is 0 Å². The van der Waals surface area contributed by atoms with Gasteiger partial charge in [0.15, 0.2) is 0 Å². The van der Waals surface area contributed by atoms with Gasteiger partial charge in [-0.2, -0.15) is 0 Å². The van der Waals surface area contributed by atoms with Gasteiger partial charge in [0, 0.05) is 17.5 Å². The number of hydrogen-bond donors (Lipinski definition) is 1. The summed E-state index contributed by atoms with van der Waals surface area (Å²) in [6, 6.07) is 22.0. The minimum absolute atomic E-state index is 0.0554. The fraction of sp³-hybridized carbons (Fsp3) is 0.190. The van der Waals surface area contributed by atoms with Crippen LogP contribution in [-0.2, 0) is 11.2 Å². The summed E-state index contributed by atoms with van der Waals surface area (Å²) in [5, 5.41) is 5.24. The summed E-state index contributed by atoms with van der Waals surface area (Å²) in [5.41, 5.74) is 2.09. The molecule has 0 aliphatic carbocycles. The number of hydrogen-bond acceptors (Lipinski definition) is 2. The average Bonchev–Trinajstić information content (AvgIpc) is 2.63. The number of amides is 1. The van der Waals surface area contributed by atoms with E-state index < -0.39 is 0 Å². The number of benzene rings is 3. The molecule has 0 aromatic heterocycles. The predicted molar refractivity (Wildman–Crippen MR) is 98.5 cm³/mol. The molecule has 0 saturated carbocycles. The van der Waals surface area contributed by atoms with Gasteiger partial charge < -0.3 is 10.1 Å². The highest BCUT2D eigenvalue weighted by atomic mass is 16.5. The molecule has 0 bridgehead atoms. The van der Waals surface area contributed by atoms with Gasteiger partial charge >= 0.3 is 0 Å². The Labute approximate surface area is 142 Å². The van der Waals surface area contributed by atoms with Crippen molar-refractivity contribution in [3.63, 3.8) is 0 Å². The highest BCUT2D eigenvalue weighted by molar-refractivity contribution is 6.02. The van der Waals surface area contributed by atoms with Crippen molar-refractivity contribution in [2.45, 2.75) is 19.3 Å². The second-order valence-corrected chi connectivity index (χ2v) is 5.78. The third-order valence-electron chi connectivity index (χ3n) is 4.09. The number of methoxy groups -OCH3 is 1. The summed E-state index contributed by atoms with van der Waals surface area (Å²) in [6.45, 7) is 0. The van der Waals surface area contributed by atoms with E-state index in [4.69, 9.17) is 4.74 Å². The molecule has 0 aliphatic heterocycles. The summed E-state index contributed by atoms with van der Waals surface area (Å²) in [6.07, 6.45) is 2.21. The Balaban J connectivity index is 1.55. The number of anilines is 1. The van der Waals surface area contributed by atoms with E-state index in [9.17, 15) is 4.79 Å². The van der Waals surface area contributed by atoms with Gasteiger partial charge in [-0.05, 0) is 42.0 Å². The van der Waals surface area contributed by atoms with Crippen molar-refractivity contribution in [2.75, 3.05) is 12.4 Å². The van der Waals surface area contributed by atoms with Crippen LogP contribution < -0.4 is 10.1 Å². The molecule has 0 aliphatic rings. The predicted octanol–water partition coefficient (Wildman–Crippen LogP) is 4.81. The van der Waals surface area contributed by atoms with E-state index >= 15 is 0 Å². The Bertz CT molecular complexity index is 819.